The molecule has 2 unspecified atom stereocenters. The fraction of sp³-hybridized carbons (Fsp3) is 0.491. The number of piperidine rings is 5. The SMILES string of the molecule is CC(c1ccc(C#CC2CCN(CC3CCN(C(=O)C4CCN(c5ccc6c(c5)n(C)c(=O)n6C5CCC(=O)NC5=O)CC4)CC3)CC2)c2ccccc12)N1CCC(C(=O)NCc2cccc(F)c2)CC1. The van der Waals surface area contributed by atoms with Gasteiger partial charge in [-0.1, -0.05) is 54.3 Å². The molecule has 5 aromatic rings. The smallest absolute Gasteiger partial charge is 0.329 e. The predicted molar refractivity (Wildman–Crippen MR) is 274 cm³/mol. The Morgan fingerprint density at radius 3 is 2.23 bits per heavy atom. The van der Waals surface area contributed by atoms with Gasteiger partial charge in [0.1, 0.15) is 11.9 Å². The van der Waals surface area contributed by atoms with E-state index in [-0.39, 0.29) is 53.5 Å². The number of nitrogens with zero attached hydrogens (tertiary/aromatic N) is 6. The van der Waals surface area contributed by atoms with Crippen LogP contribution >= 0.6 is 0 Å². The molecule has 14 heteroatoms. The van der Waals surface area contributed by atoms with Crippen molar-refractivity contribution in [3.63, 3.8) is 0 Å². The summed E-state index contributed by atoms with van der Waals surface area (Å²) < 4.78 is 16.7. The van der Waals surface area contributed by atoms with Gasteiger partial charge in [-0.3, -0.25) is 38.5 Å². The summed E-state index contributed by atoms with van der Waals surface area (Å²) in [6, 6.07) is 24.8. The van der Waals surface area contributed by atoms with Gasteiger partial charge in [0.25, 0.3) is 0 Å². The topological polar surface area (TPSA) is 132 Å². The van der Waals surface area contributed by atoms with Crippen molar-refractivity contribution in [3.05, 3.63) is 112 Å². The molecule has 1 aromatic heterocycles. The van der Waals surface area contributed by atoms with Gasteiger partial charge < -0.3 is 20.0 Å². The Hall–Kier alpha value is -6.30. The van der Waals surface area contributed by atoms with Crippen LogP contribution in [-0.2, 0) is 32.8 Å². The maximum Gasteiger partial charge on any atom is 0.329 e. The normalized spacial score (nSPS) is 21.0. The van der Waals surface area contributed by atoms with Gasteiger partial charge in [-0.25, -0.2) is 9.18 Å². The number of aryl methyl sites for hydroxylation is 1. The molecule has 0 bridgehead atoms. The third-order valence-electron chi connectivity index (χ3n) is 16.5. The zero-order valence-electron chi connectivity index (χ0n) is 41.2. The first-order chi connectivity index (χ1) is 34.5. The summed E-state index contributed by atoms with van der Waals surface area (Å²) in [6.07, 6.45) is 7.89. The fourth-order valence-corrected chi connectivity index (χ4v) is 12.1. The Balaban J connectivity index is 0.659. The number of amides is 4. The Morgan fingerprint density at radius 2 is 1.49 bits per heavy atom. The van der Waals surface area contributed by atoms with E-state index in [9.17, 15) is 28.4 Å². The number of hydrogen-bond donors (Lipinski definition) is 2. The monoisotopic (exact) mass is 963 g/mol. The second-order valence-electron chi connectivity index (χ2n) is 20.8. The Morgan fingerprint density at radius 1 is 0.761 bits per heavy atom. The molecule has 13 nitrogen and oxygen atoms in total. The number of aromatic nitrogens is 2. The van der Waals surface area contributed by atoms with Crippen molar-refractivity contribution >= 4 is 51.1 Å². The van der Waals surface area contributed by atoms with Gasteiger partial charge in [0, 0.05) is 87.8 Å². The van der Waals surface area contributed by atoms with Crippen LogP contribution in [0, 0.1) is 41.3 Å². The molecule has 0 radical (unpaired) electrons. The van der Waals surface area contributed by atoms with Gasteiger partial charge in [-0.2, -0.15) is 0 Å². The zero-order chi connectivity index (χ0) is 49.2. The highest BCUT2D eigenvalue weighted by Gasteiger charge is 2.34. The van der Waals surface area contributed by atoms with Crippen LogP contribution in [0.25, 0.3) is 21.8 Å². The maximum atomic E-state index is 13.8. The molecule has 0 saturated carbocycles. The number of hydrogen-bond acceptors (Lipinski definition) is 8. The Labute approximate surface area is 415 Å². The standard InChI is InChI=1S/C57H67FN8O5/c1-38(63-30-22-43(23-31-63)54(68)59-36-41-6-5-7-45(58)34-41)47-14-12-42(48-8-3-4-9-49(47)48)11-10-39-18-26-62(27-19-39)37-40-20-28-65(29-21-40)56(70)44-24-32-64(33-25-44)46-13-15-50-52(35-46)61(2)57(71)66(50)51-16-17-53(67)60-55(51)69/h3-9,12-15,34-35,38-40,43-44,51H,16-33,36-37H2,1-2H3,(H,59,68)(H,60,67,69). The molecule has 71 heavy (non-hydrogen) atoms. The third-order valence-corrected chi connectivity index (χ3v) is 16.5. The molecule has 6 heterocycles. The highest BCUT2D eigenvalue weighted by atomic mass is 19.1. The van der Waals surface area contributed by atoms with E-state index < -0.39 is 11.9 Å². The van der Waals surface area contributed by atoms with Crippen molar-refractivity contribution in [1.29, 1.82) is 0 Å². The number of rotatable bonds is 10. The third kappa shape index (κ3) is 10.5. The minimum absolute atomic E-state index is 0.0157. The van der Waals surface area contributed by atoms with E-state index in [1.165, 1.54) is 33.0 Å². The van der Waals surface area contributed by atoms with Gasteiger partial charge in [0.05, 0.1) is 11.0 Å². The second-order valence-corrected chi connectivity index (χ2v) is 20.8. The van der Waals surface area contributed by atoms with E-state index in [1.54, 1.807) is 17.7 Å². The molecule has 5 aliphatic heterocycles. The molecule has 372 valence electrons. The van der Waals surface area contributed by atoms with Gasteiger partial charge >= 0.3 is 5.69 Å². The maximum absolute atomic E-state index is 13.8. The summed E-state index contributed by atoms with van der Waals surface area (Å²) in [7, 11) is 1.72. The summed E-state index contributed by atoms with van der Waals surface area (Å²) in [5.74, 6) is 7.50. The van der Waals surface area contributed by atoms with E-state index in [0.29, 0.717) is 30.3 Å². The Bertz CT molecular complexity index is 2920. The van der Waals surface area contributed by atoms with Crippen LogP contribution in [0.4, 0.5) is 10.1 Å². The first-order valence-electron chi connectivity index (χ1n) is 26.1. The molecule has 5 aliphatic rings. The van der Waals surface area contributed by atoms with E-state index in [4.69, 9.17) is 0 Å². The lowest BCUT2D eigenvalue weighted by Crippen LogP contribution is -2.47. The van der Waals surface area contributed by atoms with Crippen LogP contribution in [0.1, 0.15) is 99.9 Å². The van der Waals surface area contributed by atoms with Crippen molar-refractivity contribution in [1.82, 2.24) is 34.5 Å². The molecule has 2 N–H and O–H groups in total. The summed E-state index contributed by atoms with van der Waals surface area (Å²) in [4.78, 5) is 74.0. The lowest BCUT2D eigenvalue weighted by atomic mass is 9.90. The molecular weight excluding hydrogens is 896 g/mol. The molecule has 10 rings (SSSR count). The molecular formula is C57H67FN8O5. The molecule has 5 fully saturated rings. The number of nitrogens with one attached hydrogen (secondary N) is 2. The van der Waals surface area contributed by atoms with Gasteiger partial charge in [0.2, 0.25) is 23.6 Å². The summed E-state index contributed by atoms with van der Waals surface area (Å²) in [5, 5.41) is 7.81. The average molecular weight is 963 g/mol. The van der Waals surface area contributed by atoms with Crippen LogP contribution in [0.3, 0.4) is 0 Å². The predicted octanol–water partition coefficient (Wildman–Crippen LogP) is 6.92. The van der Waals surface area contributed by atoms with E-state index >= 15 is 0 Å². The van der Waals surface area contributed by atoms with E-state index in [0.717, 1.165) is 133 Å². The first kappa shape index (κ1) is 48.3. The summed E-state index contributed by atoms with van der Waals surface area (Å²) in [5.41, 5.74) is 5.27. The molecule has 4 aromatic carbocycles. The summed E-state index contributed by atoms with van der Waals surface area (Å²) in [6.45, 7) is 10.6. The molecule has 0 spiro atoms. The number of carbonyl (C=O) groups excluding carboxylic acids is 4. The molecule has 5 saturated heterocycles. The fourth-order valence-electron chi connectivity index (χ4n) is 12.1. The van der Waals surface area contributed by atoms with Gasteiger partial charge in [-0.05, 0) is 155 Å². The number of likely N-dealkylation sites (tertiary alicyclic amines) is 3. The average Bonchev–Trinajstić information content (AvgIpc) is 3.64. The minimum Gasteiger partial charge on any atom is -0.371 e. The number of imide groups is 1. The second kappa shape index (κ2) is 21.2. The molecule has 0 aliphatic carbocycles. The van der Waals surface area contributed by atoms with Gasteiger partial charge in [0.15, 0.2) is 0 Å². The number of anilines is 1. The number of imidazole rings is 1. The largest absolute Gasteiger partial charge is 0.371 e. The van der Waals surface area contributed by atoms with Crippen molar-refractivity contribution < 1.29 is 23.6 Å². The quantitative estimate of drug-likeness (QED) is 0.114. The van der Waals surface area contributed by atoms with Crippen LogP contribution in [0.15, 0.2) is 83.7 Å². The van der Waals surface area contributed by atoms with Crippen LogP contribution < -0.4 is 21.2 Å². The van der Waals surface area contributed by atoms with Crippen molar-refractivity contribution in [2.24, 2.45) is 30.7 Å². The van der Waals surface area contributed by atoms with Crippen LogP contribution in [-0.4, -0.2) is 106 Å². The van der Waals surface area contributed by atoms with E-state index in [2.05, 4.69) is 85.4 Å². The highest BCUT2D eigenvalue weighted by Crippen LogP contribution is 2.34. The minimum atomic E-state index is -0.713. The number of carbonyl (C=O) groups is 4. The number of benzene rings is 4. The van der Waals surface area contributed by atoms with Crippen LogP contribution in [0.5, 0.6) is 0 Å². The summed E-state index contributed by atoms with van der Waals surface area (Å²) >= 11 is 0. The number of fused-ring (bicyclic) bond motifs is 2. The zero-order valence-corrected chi connectivity index (χ0v) is 41.2. The van der Waals surface area contributed by atoms with Gasteiger partial charge in [-0.15, -0.1) is 0 Å². The Kier molecular flexibility index (Phi) is 14.4. The van der Waals surface area contributed by atoms with Crippen molar-refractivity contribution in [3.8, 4) is 11.8 Å². The lowest BCUT2D eigenvalue weighted by Gasteiger charge is -2.39. The first-order valence-corrected chi connectivity index (χ1v) is 26.1. The van der Waals surface area contributed by atoms with E-state index in [1.807, 2.05) is 24.3 Å². The van der Waals surface area contributed by atoms with Crippen LogP contribution in [0.2, 0.25) is 0 Å². The molecule has 4 amide bonds. The molecule has 2 atom stereocenters. The lowest BCUT2D eigenvalue weighted by molar-refractivity contribution is -0.138. The highest BCUT2D eigenvalue weighted by molar-refractivity contribution is 6.00. The van der Waals surface area contributed by atoms with Crippen molar-refractivity contribution in [2.75, 3.05) is 63.8 Å². The van der Waals surface area contributed by atoms with Crippen molar-refractivity contribution in [2.45, 2.75) is 89.8 Å². The number of halogens is 1.